The van der Waals surface area contributed by atoms with E-state index in [1.54, 1.807) is 12.1 Å². The van der Waals surface area contributed by atoms with Gasteiger partial charge in [-0.3, -0.25) is 0 Å². The van der Waals surface area contributed by atoms with Crippen LogP contribution in [0.2, 0.25) is 0 Å². The van der Waals surface area contributed by atoms with E-state index in [-0.39, 0.29) is 5.75 Å². The third kappa shape index (κ3) is 8.23. The monoisotopic (exact) mass is 467 g/mol. The van der Waals surface area contributed by atoms with Crippen LogP contribution in [-0.2, 0) is 0 Å². The Bertz CT molecular complexity index is 986. The molecule has 0 unspecified atom stereocenters. The van der Waals surface area contributed by atoms with Gasteiger partial charge in [0.15, 0.2) is 0 Å². The van der Waals surface area contributed by atoms with E-state index < -0.39 is 0 Å². The zero-order chi connectivity index (χ0) is 24.0. The molecule has 1 N–H and O–H groups in total. The van der Waals surface area contributed by atoms with Crippen LogP contribution in [0.1, 0.15) is 90.9 Å². The Kier molecular flexibility index (Phi) is 11.0. The number of unbranched alkanes of at least 4 members (excludes halogenated alkanes) is 10. The minimum atomic E-state index is 0.0975. The van der Waals surface area contributed by atoms with Crippen LogP contribution in [0.15, 0.2) is 36.4 Å². The second kappa shape index (κ2) is 14.5. The maximum Gasteiger partial charge on any atom is 0.146 e. The second-order valence-electron chi connectivity index (χ2n) is 9.02. The Morgan fingerprint density at radius 3 is 1.79 bits per heavy atom. The minimum Gasteiger partial charge on any atom is -0.505 e. The molecule has 0 bridgehead atoms. The van der Waals surface area contributed by atoms with Gasteiger partial charge in [-0.15, -0.1) is 15.0 Å². The van der Waals surface area contributed by atoms with Gasteiger partial charge < -0.3 is 14.6 Å². The van der Waals surface area contributed by atoms with Gasteiger partial charge in [-0.1, -0.05) is 78.1 Å². The average Bonchev–Trinajstić information content (AvgIpc) is 3.26. The molecule has 1 aromatic heterocycles. The fourth-order valence-electron chi connectivity index (χ4n) is 4.00. The van der Waals surface area contributed by atoms with E-state index in [4.69, 9.17) is 9.47 Å². The van der Waals surface area contributed by atoms with Crippen molar-refractivity contribution in [3.05, 3.63) is 36.4 Å². The predicted molar refractivity (Wildman–Crippen MR) is 138 cm³/mol. The third-order valence-corrected chi connectivity index (χ3v) is 6.05. The summed E-state index contributed by atoms with van der Waals surface area (Å²) in [4.78, 5) is 1.47. The van der Waals surface area contributed by atoms with Crippen molar-refractivity contribution in [1.29, 1.82) is 0 Å². The number of rotatable bonds is 17. The molecule has 34 heavy (non-hydrogen) atoms. The minimum absolute atomic E-state index is 0.0975. The third-order valence-electron chi connectivity index (χ3n) is 6.05. The zero-order valence-corrected chi connectivity index (χ0v) is 21.0. The molecule has 0 aliphatic carbocycles. The maximum absolute atomic E-state index is 10.5. The molecule has 0 saturated heterocycles. The van der Waals surface area contributed by atoms with Crippen molar-refractivity contribution in [2.75, 3.05) is 13.2 Å². The molecule has 186 valence electrons. The molecule has 0 radical (unpaired) electrons. The normalized spacial score (nSPS) is 11.2. The van der Waals surface area contributed by atoms with Crippen molar-refractivity contribution in [2.45, 2.75) is 90.9 Å². The first-order valence-corrected chi connectivity index (χ1v) is 13.2. The highest BCUT2D eigenvalue weighted by Gasteiger charge is 2.11. The predicted octanol–water partition coefficient (Wildman–Crippen LogP) is 7.60. The van der Waals surface area contributed by atoms with Crippen molar-refractivity contribution in [3.63, 3.8) is 0 Å². The van der Waals surface area contributed by atoms with Gasteiger partial charge in [-0.05, 0) is 37.1 Å². The summed E-state index contributed by atoms with van der Waals surface area (Å²) in [6.07, 6.45) is 14.8. The van der Waals surface area contributed by atoms with E-state index in [1.807, 2.05) is 24.3 Å². The molecule has 0 spiro atoms. The van der Waals surface area contributed by atoms with Crippen LogP contribution in [0.3, 0.4) is 0 Å². The summed E-state index contributed by atoms with van der Waals surface area (Å²) < 4.78 is 11.7. The van der Waals surface area contributed by atoms with Gasteiger partial charge in [0, 0.05) is 12.1 Å². The van der Waals surface area contributed by atoms with Crippen LogP contribution in [0.4, 0.5) is 0 Å². The number of ether oxygens (including phenoxy) is 2. The largest absolute Gasteiger partial charge is 0.505 e. The lowest BCUT2D eigenvalue weighted by Crippen LogP contribution is -2.01. The average molecular weight is 468 g/mol. The van der Waals surface area contributed by atoms with Gasteiger partial charge in [0.2, 0.25) is 0 Å². The highest BCUT2D eigenvalue weighted by atomic mass is 16.5. The molecule has 6 nitrogen and oxygen atoms in total. The van der Waals surface area contributed by atoms with Gasteiger partial charge in [0.1, 0.15) is 34.0 Å². The lowest BCUT2D eigenvalue weighted by molar-refractivity contribution is 0.302. The molecule has 0 fully saturated rings. The number of nitrogens with zero attached hydrogens (tertiary/aromatic N) is 3. The van der Waals surface area contributed by atoms with Crippen molar-refractivity contribution in [1.82, 2.24) is 15.0 Å². The van der Waals surface area contributed by atoms with E-state index in [0.717, 1.165) is 29.6 Å². The summed E-state index contributed by atoms with van der Waals surface area (Å²) in [6.45, 7) is 5.84. The molecule has 1 heterocycles. The summed E-state index contributed by atoms with van der Waals surface area (Å²) in [7, 11) is 0. The first kappa shape index (κ1) is 25.9. The van der Waals surface area contributed by atoms with E-state index in [1.165, 1.54) is 69.0 Å². The van der Waals surface area contributed by atoms with Crippen molar-refractivity contribution in [3.8, 4) is 22.9 Å². The lowest BCUT2D eigenvalue weighted by Gasteiger charge is -2.08. The summed E-state index contributed by atoms with van der Waals surface area (Å²) in [6, 6.07) is 11.0. The Labute approximate surface area is 204 Å². The van der Waals surface area contributed by atoms with Crippen LogP contribution in [0, 0.1) is 0 Å². The first-order valence-electron chi connectivity index (χ1n) is 13.2. The van der Waals surface area contributed by atoms with Crippen LogP contribution < -0.4 is 9.47 Å². The van der Waals surface area contributed by atoms with Crippen LogP contribution in [0.25, 0.3) is 16.7 Å². The van der Waals surface area contributed by atoms with Gasteiger partial charge >= 0.3 is 0 Å². The number of aromatic nitrogens is 3. The first-order chi connectivity index (χ1) is 16.7. The topological polar surface area (TPSA) is 69.4 Å². The highest BCUT2D eigenvalue weighted by Crippen LogP contribution is 2.28. The highest BCUT2D eigenvalue weighted by molar-refractivity contribution is 5.75. The molecule has 0 amide bonds. The number of hydrogen-bond donors (Lipinski definition) is 1. The fraction of sp³-hybridized carbons (Fsp3) is 0.571. The molecule has 0 aliphatic rings. The number of fused-ring (bicyclic) bond motifs is 1. The standard InChI is InChI=1S/C28H41N3O3/c1-3-5-7-9-11-13-19-33-23-15-17-25-26(21-23)30-31(29-25)27-18-16-24(22-28(27)32)34-20-14-12-10-8-6-4-2/h15-18,21-22,32H,3-14,19-20H2,1-2H3. The summed E-state index contributed by atoms with van der Waals surface area (Å²) in [5, 5.41) is 19.6. The van der Waals surface area contributed by atoms with Crippen LogP contribution in [0.5, 0.6) is 17.2 Å². The number of hydrogen-bond acceptors (Lipinski definition) is 5. The van der Waals surface area contributed by atoms with E-state index >= 15 is 0 Å². The number of phenolic OH excluding ortho intramolecular Hbond substituents is 1. The molecule has 3 rings (SSSR count). The SMILES string of the molecule is CCCCCCCCOc1ccc(-n2nc3ccc(OCCCCCCCC)cc3n2)c(O)c1. The van der Waals surface area contributed by atoms with E-state index in [0.29, 0.717) is 24.7 Å². The van der Waals surface area contributed by atoms with Crippen molar-refractivity contribution < 1.29 is 14.6 Å². The zero-order valence-electron chi connectivity index (χ0n) is 21.0. The van der Waals surface area contributed by atoms with E-state index in [9.17, 15) is 5.11 Å². The quantitative estimate of drug-likeness (QED) is 0.207. The van der Waals surface area contributed by atoms with Gasteiger partial charge in [0.05, 0.1) is 13.2 Å². The molecule has 0 aliphatic heterocycles. The fourth-order valence-corrected chi connectivity index (χ4v) is 4.00. The second-order valence-corrected chi connectivity index (χ2v) is 9.02. The van der Waals surface area contributed by atoms with Gasteiger partial charge in [0.25, 0.3) is 0 Å². The van der Waals surface area contributed by atoms with E-state index in [2.05, 4.69) is 24.0 Å². The Balaban J connectivity index is 1.50. The van der Waals surface area contributed by atoms with Crippen LogP contribution >= 0.6 is 0 Å². The summed E-state index contributed by atoms with van der Waals surface area (Å²) in [5.41, 5.74) is 2.02. The molecule has 0 atom stereocenters. The smallest absolute Gasteiger partial charge is 0.146 e. The lowest BCUT2D eigenvalue weighted by atomic mass is 10.1. The van der Waals surface area contributed by atoms with Crippen LogP contribution in [-0.4, -0.2) is 33.3 Å². The Morgan fingerprint density at radius 2 is 1.18 bits per heavy atom. The molecular formula is C28H41N3O3. The number of phenols is 1. The Morgan fingerprint density at radius 1 is 0.647 bits per heavy atom. The van der Waals surface area contributed by atoms with Crippen molar-refractivity contribution >= 4 is 11.0 Å². The summed E-state index contributed by atoms with van der Waals surface area (Å²) in [5.74, 6) is 1.56. The molecule has 6 heteroatoms. The Hall–Kier alpha value is -2.76. The molecule has 2 aromatic carbocycles. The van der Waals surface area contributed by atoms with Crippen molar-refractivity contribution in [2.24, 2.45) is 0 Å². The number of aromatic hydroxyl groups is 1. The van der Waals surface area contributed by atoms with Gasteiger partial charge in [-0.25, -0.2) is 0 Å². The molecule has 3 aromatic rings. The summed E-state index contributed by atoms with van der Waals surface area (Å²) >= 11 is 0. The number of benzene rings is 2. The molecular weight excluding hydrogens is 426 g/mol. The van der Waals surface area contributed by atoms with Gasteiger partial charge in [-0.2, -0.15) is 0 Å². The molecule has 0 saturated carbocycles. The maximum atomic E-state index is 10.5.